The summed E-state index contributed by atoms with van der Waals surface area (Å²) in [7, 11) is -1.44. The summed E-state index contributed by atoms with van der Waals surface area (Å²) in [6, 6.07) is 8.17. The summed E-state index contributed by atoms with van der Waals surface area (Å²) in [5, 5.41) is 2.44. The molecule has 0 radical (unpaired) electrons. The van der Waals surface area contributed by atoms with Crippen molar-refractivity contribution < 1.29 is 4.42 Å². The van der Waals surface area contributed by atoms with Gasteiger partial charge in [-0.3, -0.25) is 4.99 Å². The predicted molar refractivity (Wildman–Crippen MR) is 76.6 cm³/mol. The maximum absolute atomic E-state index is 5.61. The van der Waals surface area contributed by atoms with E-state index in [1.807, 2.05) is 18.4 Å². The Morgan fingerprint density at radius 1 is 1.24 bits per heavy atom. The first-order chi connectivity index (χ1) is 8.04. The normalized spacial score (nSPS) is 13.3. The van der Waals surface area contributed by atoms with Gasteiger partial charge >= 0.3 is 0 Å². The highest BCUT2D eigenvalue weighted by Crippen LogP contribution is 2.24. The number of furan rings is 1. The van der Waals surface area contributed by atoms with E-state index >= 15 is 0 Å². The van der Waals surface area contributed by atoms with E-state index in [4.69, 9.17) is 9.41 Å². The first-order valence-electron chi connectivity index (χ1n) is 6.05. The second kappa shape index (κ2) is 4.49. The van der Waals surface area contributed by atoms with E-state index < -0.39 is 8.07 Å². The minimum Gasteiger partial charge on any atom is -0.464 e. The van der Waals surface area contributed by atoms with E-state index in [-0.39, 0.29) is 0 Å². The number of para-hydroxylation sites is 1. The van der Waals surface area contributed by atoms with E-state index in [0.29, 0.717) is 0 Å². The molecule has 0 N–H and O–H groups in total. The van der Waals surface area contributed by atoms with Gasteiger partial charge in [0, 0.05) is 22.8 Å². The van der Waals surface area contributed by atoms with Crippen molar-refractivity contribution in [2.45, 2.75) is 26.6 Å². The smallest absolute Gasteiger partial charge is 0.134 e. The topological polar surface area (TPSA) is 25.5 Å². The van der Waals surface area contributed by atoms with Crippen LogP contribution < -0.4 is 0 Å². The molecule has 17 heavy (non-hydrogen) atoms. The molecule has 0 spiro atoms. The highest BCUT2D eigenvalue weighted by Gasteiger charge is 2.25. The maximum atomic E-state index is 5.61. The number of fused-ring (bicyclic) bond motifs is 1. The van der Waals surface area contributed by atoms with Crippen molar-refractivity contribution >= 4 is 24.4 Å². The number of hydrogen-bond acceptors (Lipinski definition) is 2. The number of benzene rings is 1. The highest BCUT2D eigenvalue weighted by atomic mass is 28.3. The van der Waals surface area contributed by atoms with Gasteiger partial charge < -0.3 is 4.42 Å². The van der Waals surface area contributed by atoms with Crippen LogP contribution in [0.4, 0.5) is 0 Å². The maximum Gasteiger partial charge on any atom is 0.134 e. The van der Waals surface area contributed by atoms with Gasteiger partial charge in [-0.2, -0.15) is 0 Å². The zero-order valence-electron chi connectivity index (χ0n) is 10.9. The van der Waals surface area contributed by atoms with Crippen LogP contribution in [-0.4, -0.2) is 20.0 Å². The predicted octanol–water partition coefficient (Wildman–Crippen LogP) is 4.12. The fraction of sp³-hybridized carbons (Fsp3) is 0.357. The lowest BCUT2D eigenvalue weighted by atomic mass is 10.2. The number of hydrogen-bond donors (Lipinski definition) is 0. The van der Waals surface area contributed by atoms with Gasteiger partial charge in [0.25, 0.3) is 0 Å². The Balaban J connectivity index is 2.62. The number of aliphatic imine (C=N–C) groups is 1. The third kappa shape index (κ3) is 2.34. The molecule has 0 saturated heterocycles. The molecule has 0 aliphatic rings. The molecule has 3 heteroatoms. The van der Waals surface area contributed by atoms with Gasteiger partial charge in [-0.25, -0.2) is 0 Å². The molecule has 0 fully saturated rings. The van der Waals surface area contributed by atoms with Crippen molar-refractivity contribution in [2.75, 3.05) is 6.54 Å². The molecule has 0 unspecified atom stereocenters. The molecule has 2 rings (SSSR count). The van der Waals surface area contributed by atoms with Crippen molar-refractivity contribution in [3.05, 3.63) is 36.1 Å². The van der Waals surface area contributed by atoms with E-state index in [2.05, 4.69) is 38.7 Å². The second-order valence-corrected chi connectivity index (χ2v) is 10.2. The third-order valence-electron chi connectivity index (χ3n) is 2.76. The zero-order chi connectivity index (χ0) is 12.5. The standard InChI is InChI=1S/C14H19NOSi/c1-5-15-14(17(2,3)4)12-10-16-13-9-7-6-8-11(12)13/h6-10H,5H2,1-4H3/b15-14+. The van der Waals surface area contributed by atoms with Crippen LogP contribution in [0.2, 0.25) is 19.6 Å². The van der Waals surface area contributed by atoms with Gasteiger partial charge in [-0.15, -0.1) is 0 Å². The Morgan fingerprint density at radius 2 is 1.94 bits per heavy atom. The minimum atomic E-state index is -1.44. The fourth-order valence-electron chi connectivity index (χ4n) is 2.05. The fourth-order valence-corrected chi connectivity index (χ4v) is 3.68. The Labute approximate surface area is 103 Å². The Morgan fingerprint density at radius 3 is 2.59 bits per heavy atom. The Kier molecular flexibility index (Phi) is 3.20. The van der Waals surface area contributed by atoms with Gasteiger partial charge in [-0.05, 0) is 13.0 Å². The summed E-state index contributed by atoms with van der Waals surface area (Å²) < 4.78 is 5.61. The molecule has 1 aromatic heterocycles. The van der Waals surface area contributed by atoms with Crippen molar-refractivity contribution in [1.82, 2.24) is 0 Å². The Bertz CT molecular complexity index is 549. The van der Waals surface area contributed by atoms with Crippen LogP contribution in [-0.2, 0) is 0 Å². The molecule has 0 bridgehead atoms. The van der Waals surface area contributed by atoms with Crippen LogP contribution in [0.1, 0.15) is 12.5 Å². The Hall–Kier alpha value is -1.35. The highest BCUT2D eigenvalue weighted by molar-refractivity contribution is 7.06. The molecule has 1 heterocycles. The monoisotopic (exact) mass is 245 g/mol. The molecular formula is C14H19NOSi. The molecule has 0 aliphatic heterocycles. The van der Waals surface area contributed by atoms with Crippen LogP contribution >= 0.6 is 0 Å². The molecule has 0 amide bonds. The van der Waals surface area contributed by atoms with Crippen molar-refractivity contribution in [3.8, 4) is 0 Å². The quantitative estimate of drug-likeness (QED) is 0.590. The minimum absolute atomic E-state index is 0.832. The zero-order valence-corrected chi connectivity index (χ0v) is 11.9. The summed E-state index contributed by atoms with van der Waals surface area (Å²) in [5.74, 6) is 0. The molecule has 0 saturated carbocycles. The molecule has 0 aliphatic carbocycles. The summed E-state index contributed by atoms with van der Waals surface area (Å²) in [5.41, 5.74) is 2.13. The van der Waals surface area contributed by atoms with Gasteiger partial charge in [0.2, 0.25) is 0 Å². The van der Waals surface area contributed by atoms with Crippen LogP contribution in [0.15, 0.2) is 39.9 Å². The summed E-state index contributed by atoms with van der Waals surface area (Å²) in [4.78, 5) is 4.71. The van der Waals surface area contributed by atoms with Gasteiger partial charge in [0.15, 0.2) is 0 Å². The second-order valence-electron chi connectivity index (χ2n) is 5.22. The van der Waals surface area contributed by atoms with Crippen LogP contribution in [0.5, 0.6) is 0 Å². The first-order valence-corrected chi connectivity index (χ1v) is 9.55. The van der Waals surface area contributed by atoms with Gasteiger partial charge in [0.1, 0.15) is 19.9 Å². The van der Waals surface area contributed by atoms with Crippen molar-refractivity contribution in [1.29, 1.82) is 0 Å². The van der Waals surface area contributed by atoms with Gasteiger partial charge in [-0.1, -0.05) is 37.8 Å². The molecule has 2 nitrogen and oxygen atoms in total. The van der Waals surface area contributed by atoms with Crippen LogP contribution in [0.3, 0.4) is 0 Å². The molecule has 0 atom stereocenters. The molecular weight excluding hydrogens is 226 g/mol. The summed E-state index contributed by atoms with van der Waals surface area (Å²) >= 11 is 0. The van der Waals surface area contributed by atoms with E-state index in [0.717, 1.165) is 12.1 Å². The lowest BCUT2D eigenvalue weighted by Crippen LogP contribution is -2.34. The molecule has 1 aromatic carbocycles. The lowest BCUT2D eigenvalue weighted by Gasteiger charge is -2.18. The van der Waals surface area contributed by atoms with Crippen LogP contribution in [0.25, 0.3) is 11.0 Å². The van der Waals surface area contributed by atoms with Crippen LogP contribution in [0, 0.1) is 0 Å². The lowest BCUT2D eigenvalue weighted by molar-refractivity contribution is 0.615. The van der Waals surface area contributed by atoms with Gasteiger partial charge in [0.05, 0.1) is 0 Å². The first kappa shape index (κ1) is 12.1. The summed E-state index contributed by atoms with van der Waals surface area (Å²) in [6.45, 7) is 9.89. The average Bonchev–Trinajstić information content (AvgIpc) is 2.68. The number of nitrogens with zero attached hydrogens (tertiary/aromatic N) is 1. The van der Waals surface area contributed by atoms with Crippen molar-refractivity contribution in [2.24, 2.45) is 4.99 Å². The largest absolute Gasteiger partial charge is 0.464 e. The van der Waals surface area contributed by atoms with E-state index in [1.54, 1.807) is 0 Å². The molecule has 2 aromatic rings. The average molecular weight is 245 g/mol. The van der Waals surface area contributed by atoms with E-state index in [1.165, 1.54) is 16.3 Å². The summed E-state index contributed by atoms with van der Waals surface area (Å²) in [6.07, 6.45) is 1.86. The van der Waals surface area contributed by atoms with Crippen molar-refractivity contribution in [3.63, 3.8) is 0 Å². The SMILES string of the molecule is CC/N=C(\c1coc2ccccc12)[Si](C)(C)C. The van der Waals surface area contributed by atoms with E-state index in [9.17, 15) is 0 Å². The number of rotatable bonds is 3. The third-order valence-corrected chi connectivity index (χ3v) is 4.61. The molecule has 90 valence electrons.